The Labute approximate surface area is 81.1 Å². The molecule has 1 amide bonds. The van der Waals surface area contributed by atoms with E-state index in [1.165, 1.54) is 6.42 Å². The highest BCUT2D eigenvalue weighted by Crippen LogP contribution is 2.30. The number of hydrogen-bond donors (Lipinski definition) is 1. The lowest BCUT2D eigenvalue weighted by atomic mass is 10.0. The van der Waals surface area contributed by atoms with Crippen LogP contribution in [0, 0.1) is 11.8 Å². The van der Waals surface area contributed by atoms with Crippen molar-refractivity contribution in [3.8, 4) is 0 Å². The first-order chi connectivity index (χ1) is 5.88. The summed E-state index contributed by atoms with van der Waals surface area (Å²) in [5, 5.41) is 3.04. The second kappa shape index (κ2) is 3.69. The second-order valence-corrected chi connectivity index (χ2v) is 5.35. The third kappa shape index (κ3) is 3.37. The van der Waals surface area contributed by atoms with Crippen LogP contribution in [-0.4, -0.2) is 11.4 Å². The molecule has 0 bridgehead atoms. The van der Waals surface area contributed by atoms with Gasteiger partial charge in [-0.3, -0.25) is 4.79 Å². The van der Waals surface area contributed by atoms with Crippen molar-refractivity contribution < 1.29 is 4.79 Å². The maximum atomic E-state index is 11.7. The van der Waals surface area contributed by atoms with Crippen molar-refractivity contribution in [2.24, 2.45) is 11.8 Å². The summed E-state index contributed by atoms with van der Waals surface area (Å²) in [6.07, 6.45) is 3.35. The van der Waals surface area contributed by atoms with E-state index in [4.69, 9.17) is 0 Å². The number of hydrogen-bond acceptors (Lipinski definition) is 1. The first kappa shape index (κ1) is 10.6. The van der Waals surface area contributed by atoms with Gasteiger partial charge < -0.3 is 5.32 Å². The molecule has 2 unspecified atom stereocenters. The fraction of sp³-hybridized carbons (Fsp3) is 0.909. The molecule has 0 spiro atoms. The van der Waals surface area contributed by atoms with Gasteiger partial charge in [0.1, 0.15) is 0 Å². The lowest BCUT2D eigenvalue weighted by Crippen LogP contribution is -2.43. The fourth-order valence-electron chi connectivity index (χ4n) is 1.92. The molecule has 2 atom stereocenters. The summed E-state index contributed by atoms with van der Waals surface area (Å²) < 4.78 is 0. The molecule has 1 saturated carbocycles. The Hall–Kier alpha value is -0.530. The van der Waals surface area contributed by atoms with Gasteiger partial charge in [-0.25, -0.2) is 0 Å². The molecule has 0 aromatic carbocycles. The van der Waals surface area contributed by atoms with Crippen LogP contribution in [0.4, 0.5) is 0 Å². The van der Waals surface area contributed by atoms with Crippen LogP contribution in [0.2, 0.25) is 0 Å². The topological polar surface area (TPSA) is 29.1 Å². The fourth-order valence-corrected chi connectivity index (χ4v) is 1.92. The molecule has 0 radical (unpaired) electrons. The van der Waals surface area contributed by atoms with Gasteiger partial charge in [-0.15, -0.1) is 0 Å². The van der Waals surface area contributed by atoms with Gasteiger partial charge in [0.2, 0.25) is 5.91 Å². The van der Waals surface area contributed by atoms with Crippen LogP contribution in [0.3, 0.4) is 0 Å². The van der Waals surface area contributed by atoms with E-state index in [0.717, 1.165) is 18.8 Å². The zero-order valence-electron chi connectivity index (χ0n) is 9.18. The van der Waals surface area contributed by atoms with Crippen LogP contribution in [0.15, 0.2) is 0 Å². The van der Waals surface area contributed by atoms with Crippen LogP contribution in [0.1, 0.15) is 47.0 Å². The molecule has 13 heavy (non-hydrogen) atoms. The summed E-state index contributed by atoms with van der Waals surface area (Å²) >= 11 is 0. The number of nitrogens with one attached hydrogen (secondary N) is 1. The zero-order valence-corrected chi connectivity index (χ0v) is 9.18. The van der Waals surface area contributed by atoms with E-state index >= 15 is 0 Å². The van der Waals surface area contributed by atoms with Crippen LogP contribution in [-0.2, 0) is 4.79 Å². The summed E-state index contributed by atoms with van der Waals surface area (Å²) in [4.78, 5) is 11.7. The predicted octanol–water partition coefficient (Wildman–Crippen LogP) is 2.34. The minimum atomic E-state index is -0.0804. The highest BCUT2D eigenvalue weighted by atomic mass is 16.2. The molecule has 0 saturated heterocycles. The molecule has 0 aromatic heterocycles. The zero-order chi connectivity index (χ0) is 10.1. The average molecular weight is 183 g/mol. The first-order valence-electron chi connectivity index (χ1n) is 5.20. The number of carbonyl (C=O) groups is 1. The van der Waals surface area contributed by atoms with Crippen molar-refractivity contribution in [1.82, 2.24) is 5.32 Å². The van der Waals surface area contributed by atoms with Gasteiger partial charge in [-0.1, -0.05) is 6.92 Å². The SMILES string of the molecule is CC1CCC(C(=O)NC(C)(C)C)C1. The minimum absolute atomic E-state index is 0.0804. The Morgan fingerprint density at radius 2 is 1.92 bits per heavy atom. The van der Waals surface area contributed by atoms with Crippen LogP contribution >= 0.6 is 0 Å². The molecule has 76 valence electrons. The van der Waals surface area contributed by atoms with Gasteiger partial charge in [0, 0.05) is 11.5 Å². The second-order valence-electron chi connectivity index (χ2n) is 5.35. The van der Waals surface area contributed by atoms with E-state index in [0.29, 0.717) is 0 Å². The van der Waals surface area contributed by atoms with Crippen molar-refractivity contribution >= 4 is 5.91 Å². The maximum Gasteiger partial charge on any atom is 0.223 e. The minimum Gasteiger partial charge on any atom is -0.351 e. The third-order valence-corrected chi connectivity index (χ3v) is 2.56. The number of rotatable bonds is 1. The molecule has 1 aliphatic carbocycles. The Bertz CT molecular complexity index is 193. The third-order valence-electron chi connectivity index (χ3n) is 2.56. The molecule has 1 N–H and O–H groups in total. The number of carbonyl (C=O) groups excluding carboxylic acids is 1. The standard InChI is InChI=1S/C11H21NO/c1-8-5-6-9(7-8)10(13)12-11(2,3)4/h8-9H,5-7H2,1-4H3,(H,12,13). The van der Waals surface area contributed by atoms with Gasteiger partial charge in [0.25, 0.3) is 0 Å². The quantitative estimate of drug-likeness (QED) is 0.664. The van der Waals surface area contributed by atoms with Crippen molar-refractivity contribution in [3.05, 3.63) is 0 Å². The van der Waals surface area contributed by atoms with Crippen LogP contribution in [0.25, 0.3) is 0 Å². The van der Waals surface area contributed by atoms with E-state index in [1.54, 1.807) is 0 Å². The lowest BCUT2D eigenvalue weighted by molar-refractivity contribution is -0.126. The molecule has 0 heterocycles. The van der Waals surface area contributed by atoms with E-state index in [2.05, 4.69) is 12.2 Å². The molecule has 1 fully saturated rings. The van der Waals surface area contributed by atoms with Crippen molar-refractivity contribution in [2.45, 2.75) is 52.5 Å². The summed E-state index contributed by atoms with van der Waals surface area (Å²) in [5.41, 5.74) is -0.0804. The monoisotopic (exact) mass is 183 g/mol. The van der Waals surface area contributed by atoms with Crippen LogP contribution in [0.5, 0.6) is 0 Å². The van der Waals surface area contributed by atoms with Gasteiger partial charge in [-0.2, -0.15) is 0 Å². The van der Waals surface area contributed by atoms with Crippen molar-refractivity contribution in [3.63, 3.8) is 0 Å². The molecular formula is C11H21NO. The highest BCUT2D eigenvalue weighted by Gasteiger charge is 2.29. The van der Waals surface area contributed by atoms with E-state index in [1.807, 2.05) is 20.8 Å². The molecule has 0 aliphatic heterocycles. The smallest absolute Gasteiger partial charge is 0.223 e. The first-order valence-corrected chi connectivity index (χ1v) is 5.20. The Kier molecular flexibility index (Phi) is 2.99. The van der Waals surface area contributed by atoms with Gasteiger partial charge in [0.15, 0.2) is 0 Å². The van der Waals surface area contributed by atoms with Crippen LogP contribution < -0.4 is 5.32 Å². The molecule has 1 aliphatic rings. The summed E-state index contributed by atoms with van der Waals surface area (Å²) in [6.45, 7) is 8.32. The van der Waals surface area contributed by atoms with Crippen molar-refractivity contribution in [1.29, 1.82) is 0 Å². The molecular weight excluding hydrogens is 162 g/mol. The number of amides is 1. The van der Waals surface area contributed by atoms with Gasteiger partial charge in [-0.05, 0) is 46.0 Å². The van der Waals surface area contributed by atoms with Crippen molar-refractivity contribution in [2.75, 3.05) is 0 Å². The Morgan fingerprint density at radius 1 is 1.31 bits per heavy atom. The Morgan fingerprint density at radius 3 is 2.31 bits per heavy atom. The molecule has 2 nitrogen and oxygen atoms in total. The Balaban J connectivity index is 2.41. The molecule has 0 aromatic rings. The predicted molar refractivity (Wildman–Crippen MR) is 54.4 cm³/mol. The summed E-state index contributed by atoms with van der Waals surface area (Å²) in [6, 6.07) is 0. The van der Waals surface area contributed by atoms with E-state index in [9.17, 15) is 4.79 Å². The highest BCUT2D eigenvalue weighted by molar-refractivity contribution is 5.79. The normalized spacial score (nSPS) is 28.9. The maximum absolute atomic E-state index is 11.7. The largest absolute Gasteiger partial charge is 0.351 e. The lowest BCUT2D eigenvalue weighted by Gasteiger charge is -2.23. The summed E-state index contributed by atoms with van der Waals surface area (Å²) in [5.74, 6) is 1.25. The van der Waals surface area contributed by atoms with Gasteiger partial charge >= 0.3 is 0 Å². The average Bonchev–Trinajstić information content (AvgIpc) is 2.31. The van der Waals surface area contributed by atoms with Gasteiger partial charge in [0.05, 0.1) is 0 Å². The van der Waals surface area contributed by atoms with E-state index in [-0.39, 0.29) is 17.4 Å². The molecule has 2 heteroatoms. The molecule has 1 rings (SSSR count). The summed E-state index contributed by atoms with van der Waals surface area (Å²) in [7, 11) is 0. The van der Waals surface area contributed by atoms with E-state index < -0.39 is 0 Å².